The molecule has 0 unspecified atom stereocenters. The second-order valence-corrected chi connectivity index (χ2v) is 7.93. The molecule has 164 valence electrons. The van der Waals surface area contributed by atoms with E-state index in [1.54, 1.807) is 7.11 Å². The predicted octanol–water partition coefficient (Wildman–Crippen LogP) is 4.24. The average Bonchev–Trinajstić information content (AvgIpc) is 2.78. The molecule has 1 aliphatic heterocycles. The Balaban J connectivity index is 1.60. The number of rotatable bonds is 11. The standard InChI is InChI=1S/C23H31BrN2O4/c1-4-26(5-2)9-8-25-15-18-12-19(24)23(22(14-18)27-3)30-16-17-6-7-20-21(13-17)29-11-10-28-20/h6-7,12-14,25H,4-5,8-11,15-16H2,1-3H3. The summed E-state index contributed by atoms with van der Waals surface area (Å²) >= 11 is 3.64. The minimum absolute atomic E-state index is 0.410. The van der Waals surface area contributed by atoms with Gasteiger partial charge < -0.3 is 29.2 Å². The SMILES string of the molecule is CCN(CC)CCNCc1cc(Br)c(OCc2ccc3c(c2)OCCO3)c(OC)c1. The fourth-order valence-corrected chi connectivity index (χ4v) is 3.96. The van der Waals surface area contributed by atoms with Gasteiger partial charge in [0, 0.05) is 19.6 Å². The second kappa shape index (κ2) is 11.4. The summed E-state index contributed by atoms with van der Waals surface area (Å²) in [5.41, 5.74) is 2.15. The number of hydrogen-bond acceptors (Lipinski definition) is 6. The first-order valence-electron chi connectivity index (χ1n) is 10.4. The van der Waals surface area contributed by atoms with Crippen LogP contribution in [0.5, 0.6) is 23.0 Å². The molecule has 1 aliphatic rings. The number of methoxy groups -OCH3 is 1. The van der Waals surface area contributed by atoms with Crippen LogP contribution < -0.4 is 24.3 Å². The molecule has 0 aromatic heterocycles. The predicted molar refractivity (Wildman–Crippen MR) is 122 cm³/mol. The van der Waals surface area contributed by atoms with Crippen molar-refractivity contribution in [3.63, 3.8) is 0 Å². The Morgan fingerprint density at radius 2 is 1.80 bits per heavy atom. The van der Waals surface area contributed by atoms with Gasteiger partial charge >= 0.3 is 0 Å². The first-order chi connectivity index (χ1) is 14.6. The number of ether oxygens (including phenoxy) is 4. The fraction of sp³-hybridized carbons (Fsp3) is 0.478. The van der Waals surface area contributed by atoms with E-state index in [9.17, 15) is 0 Å². The topological polar surface area (TPSA) is 52.2 Å². The van der Waals surface area contributed by atoms with Crippen molar-refractivity contribution in [1.29, 1.82) is 0 Å². The molecule has 0 amide bonds. The van der Waals surface area contributed by atoms with Gasteiger partial charge in [-0.2, -0.15) is 0 Å². The van der Waals surface area contributed by atoms with Crippen molar-refractivity contribution in [3.8, 4) is 23.0 Å². The zero-order chi connectivity index (χ0) is 21.3. The van der Waals surface area contributed by atoms with Crippen LogP contribution in [0.15, 0.2) is 34.8 Å². The quantitative estimate of drug-likeness (QED) is 0.487. The summed E-state index contributed by atoms with van der Waals surface area (Å²) in [6.45, 7) is 10.9. The van der Waals surface area contributed by atoms with Crippen LogP contribution in [-0.4, -0.2) is 51.4 Å². The van der Waals surface area contributed by atoms with Crippen molar-refractivity contribution in [2.45, 2.75) is 27.0 Å². The van der Waals surface area contributed by atoms with E-state index in [1.807, 2.05) is 24.3 Å². The lowest BCUT2D eigenvalue weighted by molar-refractivity contribution is 0.171. The summed E-state index contributed by atoms with van der Waals surface area (Å²) in [4.78, 5) is 2.40. The van der Waals surface area contributed by atoms with E-state index in [2.05, 4.69) is 46.1 Å². The molecule has 6 nitrogen and oxygen atoms in total. The van der Waals surface area contributed by atoms with Gasteiger partial charge in [0.2, 0.25) is 0 Å². The molecule has 30 heavy (non-hydrogen) atoms. The van der Waals surface area contributed by atoms with Crippen molar-refractivity contribution in [3.05, 3.63) is 45.9 Å². The van der Waals surface area contributed by atoms with E-state index in [1.165, 1.54) is 0 Å². The van der Waals surface area contributed by atoms with Gasteiger partial charge in [0.15, 0.2) is 23.0 Å². The molecule has 0 fully saturated rings. The number of halogens is 1. The lowest BCUT2D eigenvalue weighted by Crippen LogP contribution is -2.31. The number of fused-ring (bicyclic) bond motifs is 1. The normalized spacial score (nSPS) is 12.8. The molecule has 0 saturated heterocycles. The molecule has 2 aromatic rings. The molecule has 0 aliphatic carbocycles. The van der Waals surface area contributed by atoms with E-state index in [0.717, 1.165) is 59.8 Å². The summed E-state index contributed by atoms with van der Waals surface area (Å²) in [6.07, 6.45) is 0. The Morgan fingerprint density at radius 1 is 1.03 bits per heavy atom. The highest BCUT2D eigenvalue weighted by Gasteiger charge is 2.15. The summed E-state index contributed by atoms with van der Waals surface area (Å²) < 4.78 is 23.8. The van der Waals surface area contributed by atoms with Crippen LogP contribution >= 0.6 is 15.9 Å². The van der Waals surface area contributed by atoms with Gasteiger partial charge in [0.25, 0.3) is 0 Å². The molecule has 1 heterocycles. The monoisotopic (exact) mass is 478 g/mol. The Bertz CT molecular complexity index is 827. The first-order valence-corrected chi connectivity index (χ1v) is 11.2. The number of hydrogen-bond donors (Lipinski definition) is 1. The Kier molecular flexibility index (Phi) is 8.66. The highest BCUT2D eigenvalue weighted by Crippen LogP contribution is 2.38. The molecule has 2 aromatic carbocycles. The zero-order valence-electron chi connectivity index (χ0n) is 18.0. The smallest absolute Gasteiger partial charge is 0.175 e. The van der Waals surface area contributed by atoms with Gasteiger partial charge in [-0.25, -0.2) is 0 Å². The van der Waals surface area contributed by atoms with Crippen LogP contribution in [0.3, 0.4) is 0 Å². The minimum atomic E-state index is 0.410. The third kappa shape index (κ3) is 6.03. The van der Waals surface area contributed by atoms with Gasteiger partial charge in [-0.05, 0) is 64.4 Å². The van der Waals surface area contributed by atoms with Gasteiger partial charge in [-0.3, -0.25) is 0 Å². The van der Waals surface area contributed by atoms with E-state index >= 15 is 0 Å². The van der Waals surface area contributed by atoms with Crippen molar-refractivity contribution in [1.82, 2.24) is 10.2 Å². The molecule has 0 radical (unpaired) electrons. The molecule has 0 bridgehead atoms. The summed E-state index contributed by atoms with van der Waals surface area (Å²) in [5, 5.41) is 3.50. The third-order valence-electron chi connectivity index (χ3n) is 5.11. The molecule has 0 spiro atoms. The van der Waals surface area contributed by atoms with Crippen LogP contribution in [0.1, 0.15) is 25.0 Å². The van der Waals surface area contributed by atoms with Crippen molar-refractivity contribution in [2.75, 3.05) is 46.5 Å². The zero-order valence-corrected chi connectivity index (χ0v) is 19.6. The maximum Gasteiger partial charge on any atom is 0.175 e. The highest BCUT2D eigenvalue weighted by atomic mass is 79.9. The maximum atomic E-state index is 6.08. The fourth-order valence-electron chi connectivity index (χ4n) is 3.36. The molecule has 1 N–H and O–H groups in total. The van der Waals surface area contributed by atoms with E-state index < -0.39 is 0 Å². The van der Waals surface area contributed by atoms with E-state index in [-0.39, 0.29) is 0 Å². The van der Waals surface area contributed by atoms with Gasteiger partial charge in [-0.15, -0.1) is 0 Å². The maximum absolute atomic E-state index is 6.08. The summed E-state index contributed by atoms with van der Waals surface area (Å²) in [6, 6.07) is 9.97. The molecular formula is C23H31BrN2O4. The van der Waals surface area contributed by atoms with E-state index in [0.29, 0.717) is 31.3 Å². The van der Waals surface area contributed by atoms with Crippen molar-refractivity contribution >= 4 is 15.9 Å². The lowest BCUT2D eigenvalue weighted by atomic mass is 10.2. The summed E-state index contributed by atoms with van der Waals surface area (Å²) in [7, 11) is 1.66. The molecule has 0 saturated carbocycles. The first kappa shape index (κ1) is 22.7. The molecular weight excluding hydrogens is 448 g/mol. The average molecular weight is 479 g/mol. The van der Waals surface area contributed by atoms with Crippen LogP contribution in [0, 0.1) is 0 Å². The van der Waals surface area contributed by atoms with E-state index in [4.69, 9.17) is 18.9 Å². The van der Waals surface area contributed by atoms with Crippen molar-refractivity contribution < 1.29 is 18.9 Å². The van der Waals surface area contributed by atoms with Crippen molar-refractivity contribution in [2.24, 2.45) is 0 Å². The lowest BCUT2D eigenvalue weighted by Gasteiger charge is -2.19. The number of nitrogens with zero attached hydrogens (tertiary/aromatic N) is 1. The van der Waals surface area contributed by atoms with Crippen LogP contribution in [0.25, 0.3) is 0 Å². The molecule has 0 atom stereocenters. The summed E-state index contributed by atoms with van der Waals surface area (Å²) in [5.74, 6) is 2.95. The number of likely N-dealkylation sites (N-methyl/N-ethyl adjacent to an activating group) is 1. The Labute approximate surface area is 187 Å². The highest BCUT2D eigenvalue weighted by molar-refractivity contribution is 9.10. The number of benzene rings is 2. The minimum Gasteiger partial charge on any atom is -0.493 e. The number of nitrogens with one attached hydrogen (secondary N) is 1. The van der Waals surface area contributed by atoms with Gasteiger partial charge in [0.1, 0.15) is 19.8 Å². The molecule has 7 heteroatoms. The van der Waals surface area contributed by atoms with Crippen LogP contribution in [0.2, 0.25) is 0 Å². The van der Waals surface area contributed by atoms with Crippen LogP contribution in [-0.2, 0) is 13.2 Å². The molecule has 3 rings (SSSR count). The second-order valence-electron chi connectivity index (χ2n) is 7.08. The van der Waals surface area contributed by atoms with Gasteiger partial charge in [-0.1, -0.05) is 19.9 Å². The third-order valence-corrected chi connectivity index (χ3v) is 5.70. The Morgan fingerprint density at radius 3 is 2.53 bits per heavy atom. The largest absolute Gasteiger partial charge is 0.493 e. The van der Waals surface area contributed by atoms with Crippen LogP contribution in [0.4, 0.5) is 0 Å². The van der Waals surface area contributed by atoms with Gasteiger partial charge in [0.05, 0.1) is 11.6 Å². The Hall–Kier alpha value is -1.96.